The van der Waals surface area contributed by atoms with Crippen molar-refractivity contribution in [3.63, 3.8) is 0 Å². The molecule has 148 valence electrons. The van der Waals surface area contributed by atoms with Crippen molar-refractivity contribution in [1.82, 2.24) is 10.2 Å². The Labute approximate surface area is 179 Å². The van der Waals surface area contributed by atoms with E-state index in [9.17, 15) is 14.4 Å². The molecule has 3 amide bonds. The molecule has 2 N–H and O–H groups in total. The van der Waals surface area contributed by atoms with Crippen molar-refractivity contribution < 1.29 is 19.1 Å². The average Bonchev–Trinajstić information content (AvgIpc) is 3.06. The third-order valence-corrected chi connectivity index (χ3v) is 5.36. The summed E-state index contributed by atoms with van der Waals surface area (Å²) in [5.74, 6) is -0.910. The van der Waals surface area contributed by atoms with E-state index in [-0.39, 0.29) is 13.2 Å². The number of nitrogens with zero attached hydrogens (tertiary/aromatic N) is 1. The lowest BCUT2D eigenvalue weighted by Crippen LogP contribution is -2.49. The van der Waals surface area contributed by atoms with Crippen LogP contribution in [0.25, 0.3) is 0 Å². The second-order valence-corrected chi connectivity index (χ2v) is 7.87. The molecule has 0 unspecified atom stereocenters. The Morgan fingerprint density at radius 3 is 2.72 bits per heavy atom. The van der Waals surface area contributed by atoms with Crippen molar-refractivity contribution in [3.05, 3.63) is 74.9 Å². The van der Waals surface area contributed by atoms with Crippen molar-refractivity contribution in [3.8, 4) is 0 Å². The summed E-state index contributed by atoms with van der Waals surface area (Å²) in [6.07, 6.45) is 0. The number of hydrogen-bond acceptors (Lipinski definition) is 4. The molecule has 29 heavy (non-hydrogen) atoms. The van der Waals surface area contributed by atoms with Crippen molar-refractivity contribution in [2.75, 3.05) is 18.5 Å². The number of amides is 3. The van der Waals surface area contributed by atoms with Crippen molar-refractivity contribution >= 4 is 51.1 Å². The zero-order valence-electron chi connectivity index (χ0n) is 14.9. The van der Waals surface area contributed by atoms with Gasteiger partial charge >= 0.3 is 12.0 Å². The predicted octanol–water partition coefficient (Wildman–Crippen LogP) is 3.62. The van der Waals surface area contributed by atoms with Crippen LogP contribution in [0.15, 0.2) is 64.3 Å². The molecule has 0 bridgehead atoms. The monoisotopic (exact) mass is 475 g/mol. The molecule has 0 fully saturated rings. The fourth-order valence-electron chi connectivity index (χ4n) is 3.29. The van der Waals surface area contributed by atoms with E-state index in [4.69, 9.17) is 16.3 Å². The van der Waals surface area contributed by atoms with Gasteiger partial charge in [-0.3, -0.25) is 9.69 Å². The predicted molar refractivity (Wildman–Crippen MR) is 110 cm³/mol. The summed E-state index contributed by atoms with van der Waals surface area (Å²) in [5, 5.41) is 6.06. The molecule has 0 saturated carbocycles. The number of nitrogens with one attached hydrogen (secondary N) is 2. The second-order valence-electron chi connectivity index (χ2n) is 6.52. The summed E-state index contributed by atoms with van der Waals surface area (Å²) in [6.45, 7) is -0.309. The fourth-order valence-corrected chi connectivity index (χ4v) is 3.82. The average molecular weight is 477 g/mol. The van der Waals surface area contributed by atoms with Gasteiger partial charge in [0.2, 0.25) is 5.91 Å². The summed E-state index contributed by atoms with van der Waals surface area (Å²) < 4.78 is 5.97. The van der Waals surface area contributed by atoms with E-state index in [1.807, 2.05) is 6.07 Å². The molecule has 0 saturated heterocycles. The minimum absolute atomic E-state index is 0.0597. The summed E-state index contributed by atoms with van der Waals surface area (Å²) in [6, 6.07) is 12.8. The van der Waals surface area contributed by atoms with E-state index in [0.717, 1.165) is 4.47 Å². The van der Waals surface area contributed by atoms with Gasteiger partial charge in [-0.05, 0) is 35.9 Å². The minimum Gasteiger partial charge on any atom is -0.456 e. The maximum Gasteiger partial charge on any atom is 0.338 e. The van der Waals surface area contributed by atoms with E-state index < -0.39 is 23.9 Å². The van der Waals surface area contributed by atoms with Crippen LogP contribution in [-0.2, 0) is 14.3 Å². The largest absolute Gasteiger partial charge is 0.456 e. The summed E-state index contributed by atoms with van der Waals surface area (Å²) >= 11 is 9.27. The first-order valence-electron chi connectivity index (χ1n) is 8.71. The van der Waals surface area contributed by atoms with Gasteiger partial charge in [0.1, 0.15) is 13.2 Å². The molecule has 2 aliphatic heterocycles. The van der Waals surface area contributed by atoms with Gasteiger partial charge in [0.15, 0.2) is 0 Å². The third-order valence-electron chi connectivity index (χ3n) is 4.61. The zero-order chi connectivity index (χ0) is 20.5. The first-order valence-corrected chi connectivity index (χ1v) is 9.88. The number of hydrogen-bond donors (Lipinski definition) is 2. The van der Waals surface area contributed by atoms with Crippen LogP contribution >= 0.6 is 27.5 Å². The molecule has 1 atom stereocenters. The molecule has 0 aliphatic carbocycles. The molecule has 0 spiro atoms. The van der Waals surface area contributed by atoms with Gasteiger partial charge in [-0.15, -0.1) is 0 Å². The number of anilines is 1. The molecule has 0 aromatic heterocycles. The molecular formula is C20H15BrClN3O4. The number of rotatable bonds is 4. The molecule has 2 aromatic rings. The van der Waals surface area contributed by atoms with E-state index in [2.05, 4.69) is 26.6 Å². The van der Waals surface area contributed by atoms with E-state index >= 15 is 0 Å². The number of benzene rings is 2. The molecule has 2 aliphatic rings. The quantitative estimate of drug-likeness (QED) is 0.660. The maximum absolute atomic E-state index is 12.7. The van der Waals surface area contributed by atoms with E-state index in [1.165, 1.54) is 4.90 Å². The Balaban J connectivity index is 1.59. The molecule has 0 radical (unpaired) electrons. The number of urea groups is 1. The van der Waals surface area contributed by atoms with E-state index in [0.29, 0.717) is 27.5 Å². The fraction of sp³-hybridized carbons (Fsp3) is 0.150. The van der Waals surface area contributed by atoms with Gasteiger partial charge < -0.3 is 15.4 Å². The lowest BCUT2D eigenvalue weighted by molar-refractivity contribution is -0.136. The van der Waals surface area contributed by atoms with Crippen molar-refractivity contribution in [2.45, 2.75) is 6.04 Å². The van der Waals surface area contributed by atoms with Crippen LogP contribution in [0.3, 0.4) is 0 Å². The van der Waals surface area contributed by atoms with Crippen LogP contribution in [0.5, 0.6) is 0 Å². The Hall–Kier alpha value is -2.84. The normalized spacial score (nSPS) is 18.3. The van der Waals surface area contributed by atoms with Gasteiger partial charge in [0.05, 0.1) is 17.3 Å². The van der Waals surface area contributed by atoms with Gasteiger partial charge in [-0.1, -0.05) is 45.7 Å². The number of carbonyl (C=O) groups excluding carboxylic acids is 3. The van der Waals surface area contributed by atoms with Crippen LogP contribution in [0.4, 0.5) is 10.5 Å². The molecule has 9 heteroatoms. The van der Waals surface area contributed by atoms with Gasteiger partial charge in [0, 0.05) is 15.2 Å². The second kappa shape index (κ2) is 7.88. The highest BCUT2D eigenvalue weighted by atomic mass is 79.9. The molecule has 2 aromatic carbocycles. The summed E-state index contributed by atoms with van der Waals surface area (Å²) in [7, 11) is 0. The van der Waals surface area contributed by atoms with Crippen LogP contribution in [0.2, 0.25) is 5.02 Å². The Morgan fingerprint density at radius 2 is 2.00 bits per heavy atom. The maximum atomic E-state index is 12.7. The highest BCUT2D eigenvalue weighted by Crippen LogP contribution is 2.35. The van der Waals surface area contributed by atoms with Gasteiger partial charge in [0.25, 0.3) is 0 Å². The SMILES string of the molecule is O=C(CN1C(=O)N[C@H](c2ccc(Cl)cc2)C2=C1COC2=O)Nc1cccc(Br)c1. The Bertz CT molecular complexity index is 1040. The smallest absolute Gasteiger partial charge is 0.338 e. The summed E-state index contributed by atoms with van der Waals surface area (Å²) in [5.41, 5.74) is 2.01. The number of esters is 1. The number of cyclic esters (lactones) is 1. The Morgan fingerprint density at radius 1 is 1.24 bits per heavy atom. The molecular weight excluding hydrogens is 462 g/mol. The molecule has 4 rings (SSSR count). The number of halogens is 2. The Kier molecular flexibility index (Phi) is 5.29. The summed E-state index contributed by atoms with van der Waals surface area (Å²) in [4.78, 5) is 38.8. The van der Waals surface area contributed by atoms with Crippen LogP contribution in [0.1, 0.15) is 11.6 Å². The first kappa shape index (κ1) is 19.5. The van der Waals surface area contributed by atoms with Crippen LogP contribution in [0, 0.1) is 0 Å². The van der Waals surface area contributed by atoms with Gasteiger partial charge in [-0.25, -0.2) is 9.59 Å². The van der Waals surface area contributed by atoms with Crippen LogP contribution in [-0.4, -0.2) is 36.0 Å². The topological polar surface area (TPSA) is 87.7 Å². The first-order chi connectivity index (χ1) is 13.9. The van der Waals surface area contributed by atoms with E-state index in [1.54, 1.807) is 42.5 Å². The molecule has 7 nitrogen and oxygen atoms in total. The number of ether oxygens (including phenoxy) is 1. The lowest BCUT2D eigenvalue weighted by Gasteiger charge is -2.32. The highest BCUT2D eigenvalue weighted by molar-refractivity contribution is 9.10. The standard InChI is InChI=1S/C20H15BrClN3O4/c21-12-2-1-3-14(8-12)23-16(26)9-25-15-10-29-19(27)17(15)18(24-20(25)28)11-4-6-13(22)7-5-11/h1-8,18H,9-10H2,(H,23,26)(H,24,28)/t18-/m1/s1. The van der Waals surface area contributed by atoms with Crippen molar-refractivity contribution in [2.24, 2.45) is 0 Å². The van der Waals surface area contributed by atoms with Crippen molar-refractivity contribution in [1.29, 1.82) is 0 Å². The van der Waals surface area contributed by atoms with Crippen LogP contribution < -0.4 is 10.6 Å². The van der Waals surface area contributed by atoms with Gasteiger partial charge in [-0.2, -0.15) is 0 Å². The lowest BCUT2D eigenvalue weighted by atomic mass is 9.96. The zero-order valence-corrected chi connectivity index (χ0v) is 17.3. The third kappa shape index (κ3) is 3.99. The minimum atomic E-state index is -0.658. The molecule has 2 heterocycles. The highest BCUT2D eigenvalue weighted by Gasteiger charge is 2.42. The number of carbonyl (C=O) groups is 3.